The van der Waals surface area contributed by atoms with Crippen molar-refractivity contribution in [1.82, 2.24) is 10.3 Å². The van der Waals surface area contributed by atoms with Crippen LogP contribution in [0.25, 0.3) is 0 Å². The molecule has 0 aliphatic carbocycles. The first kappa shape index (κ1) is 18.7. The van der Waals surface area contributed by atoms with E-state index < -0.39 is 11.7 Å². The summed E-state index contributed by atoms with van der Waals surface area (Å²) in [7, 11) is 0. The number of thiazole rings is 1. The molecule has 0 atom stereocenters. The molecular formula is C17H22N4O3S. The molecule has 0 saturated heterocycles. The highest BCUT2D eigenvalue weighted by atomic mass is 32.1. The Bertz CT molecular complexity index is 780. The SMILES string of the molecule is Cc1nc(NC(=O)OC(C)(C)C)sc1C(=O)NCc1cccc(N)c1. The molecule has 0 radical (unpaired) electrons. The van der Waals surface area contributed by atoms with Crippen molar-refractivity contribution < 1.29 is 14.3 Å². The minimum Gasteiger partial charge on any atom is -0.444 e. The number of nitrogens with two attached hydrogens (primary N) is 1. The lowest BCUT2D eigenvalue weighted by molar-refractivity contribution is 0.0635. The van der Waals surface area contributed by atoms with Crippen LogP contribution in [0.3, 0.4) is 0 Å². The van der Waals surface area contributed by atoms with Crippen LogP contribution in [0, 0.1) is 6.92 Å². The Morgan fingerprint density at radius 1 is 1.32 bits per heavy atom. The quantitative estimate of drug-likeness (QED) is 0.724. The Labute approximate surface area is 150 Å². The summed E-state index contributed by atoms with van der Waals surface area (Å²) < 4.78 is 5.17. The number of amides is 2. The molecule has 0 aliphatic heterocycles. The van der Waals surface area contributed by atoms with Crippen LogP contribution in [0.1, 0.15) is 41.7 Å². The van der Waals surface area contributed by atoms with Crippen molar-refractivity contribution in [1.29, 1.82) is 0 Å². The fourth-order valence-corrected chi connectivity index (χ4v) is 2.89. The first-order valence-corrected chi connectivity index (χ1v) is 8.56. The fourth-order valence-electron chi connectivity index (χ4n) is 2.02. The molecule has 0 spiro atoms. The number of hydrogen-bond donors (Lipinski definition) is 3. The number of ether oxygens (including phenoxy) is 1. The number of nitrogen functional groups attached to an aromatic ring is 1. The Hall–Kier alpha value is -2.61. The third kappa shape index (κ3) is 5.75. The molecule has 2 aromatic rings. The molecule has 4 N–H and O–H groups in total. The standard InChI is InChI=1S/C17H22N4O3S/c1-10-13(14(22)19-9-11-6-5-7-12(18)8-11)25-15(20-10)21-16(23)24-17(2,3)4/h5-8H,9,18H2,1-4H3,(H,19,22)(H,20,21,23). The predicted molar refractivity (Wildman–Crippen MR) is 98.7 cm³/mol. The van der Waals surface area contributed by atoms with Gasteiger partial charge >= 0.3 is 6.09 Å². The number of benzene rings is 1. The Morgan fingerprint density at radius 3 is 2.68 bits per heavy atom. The summed E-state index contributed by atoms with van der Waals surface area (Å²) in [4.78, 5) is 28.8. The van der Waals surface area contributed by atoms with Gasteiger partial charge in [-0.15, -0.1) is 0 Å². The molecule has 1 heterocycles. The van der Waals surface area contributed by atoms with Gasteiger partial charge in [0.1, 0.15) is 10.5 Å². The van der Waals surface area contributed by atoms with Crippen LogP contribution >= 0.6 is 11.3 Å². The van der Waals surface area contributed by atoms with E-state index in [4.69, 9.17) is 10.5 Å². The monoisotopic (exact) mass is 362 g/mol. The number of carbonyl (C=O) groups excluding carboxylic acids is 2. The van der Waals surface area contributed by atoms with Crippen LogP contribution in [0.4, 0.5) is 15.6 Å². The first-order chi connectivity index (χ1) is 11.6. The molecule has 1 aromatic heterocycles. The molecule has 134 valence electrons. The molecule has 7 nitrogen and oxygen atoms in total. The summed E-state index contributed by atoms with van der Waals surface area (Å²) in [6.45, 7) is 7.39. The van der Waals surface area contributed by atoms with Crippen LogP contribution in [-0.4, -0.2) is 22.6 Å². The smallest absolute Gasteiger partial charge is 0.413 e. The highest BCUT2D eigenvalue weighted by molar-refractivity contribution is 7.17. The van der Waals surface area contributed by atoms with Crippen LogP contribution in [-0.2, 0) is 11.3 Å². The van der Waals surface area contributed by atoms with Gasteiger partial charge in [0.2, 0.25) is 0 Å². The number of aryl methyl sites for hydroxylation is 1. The van der Waals surface area contributed by atoms with Crippen LogP contribution < -0.4 is 16.4 Å². The minimum atomic E-state index is -0.604. The maximum Gasteiger partial charge on any atom is 0.413 e. The third-order valence-electron chi connectivity index (χ3n) is 3.01. The lowest BCUT2D eigenvalue weighted by Crippen LogP contribution is -2.27. The van der Waals surface area contributed by atoms with Gasteiger partial charge in [-0.2, -0.15) is 0 Å². The molecule has 2 rings (SSSR count). The Kier molecular flexibility index (Phi) is 5.63. The summed E-state index contributed by atoms with van der Waals surface area (Å²) in [5, 5.41) is 5.69. The van der Waals surface area contributed by atoms with Gasteiger partial charge in [-0.05, 0) is 45.4 Å². The zero-order valence-corrected chi connectivity index (χ0v) is 15.5. The molecular weight excluding hydrogens is 340 g/mol. The molecule has 2 amide bonds. The van der Waals surface area contributed by atoms with Crippen molar-refractivity contribution in [2.45, 2.75) is 39.8 Å². The number of nitrogens with one attached hydrogen (secondary N) is 2. The number of hydrogen-bond acceptors (Lipinski definition) is 6. The van der Waals surface area contributed by atoms with E-state index >= 15 is 0 Å². The maximum atomic E-state index is 12.3. The Morgan fingerprint density at radius 2 is 2.04 bits per heavy atom. The van der Waals surface area contributed by atoms with E-state index in [1.165, 1.54) is 0 Å². The van der Waals surface area contributed by atoms with E-state index in [2.05, 4.69) is 15.6 Å². The summed E-state index contributed by atoms with van der Waals surface area (Å²) in [5.74, 6) is -0.255. The fraction of sp³-hybridized carbons (Fsp3) is 0.353. The van der Waals surface area contributed by atoms with E-state index in [0.717, 1.165) is 16.9 Å². The lowest BCUT2D eigenvalue weighted by atomic mass is 10.2. The lowest BCUT2D eigenvalue weighted by Gasteiger charge is -2.18. The van der Waals surface area contributed by atoms with Crippen LogP contribution in [0.15, 0.2) is 24.3 Å². The molecule has 8 heteroatoms. The van der Waals surface area contributed by atoms with Gasteiger partial charge in [0, 0.05) is 12.2 Å². The molecule has 0 unspecified atom stereocenters. The predicted octanol–water partition coefficient (Wildman–Crippen LogP) is 3.31. The van der Waals surface area contributed by atoms with E-state index in [-0.39, 0.29) is 5.91 Å². The van der Waals surface area contributed by atoms with E-state index in [1.54, 1.807) is 39.8 Å². The second-order valence-electron chi connectivity index (χ2n) is 6.49. The molecule has 25 heavy (non-hydrogen) atoms. The van der Waals surface area contributed by atoms with Crippen molar-refractivity contribution in [3.8, 4) is 0 Å². The van der Waals surface area contributed by atoms with Crippen molar-refractivity contribution in [2.24, 2.45) is 0 Å². The average molecular weight is 362 g/mol. The molecule has 0 aliphatic rings. The number of aromatic nitrogens is 1. The van der Waals surface area contributed by atoms with E-state index in [1.807, 2.05) is 12.1 Å². The number of carbonyl (C=O) groups is 2. The molecule has 0 saturated carbocycles. The highest BCUT2D eigenvalue weighted by Gasteiger charge is 2.20. The van der Waals surface area contributed by atoms with Gasteiger partial charge in [-0.3, -0.25) is 10.1 Å². The summed E-state index contributed by atoms with van der Waals surface area (Å²) in [5.41, 5.74) is 7.21. The number of nitrogens with zero attached hydrogens (tertiary/aromatic N) is 1. The Balaban J connectivity index is 1.99. The van der Waals surface area contributed by atoms with Gasteiger partial charge in [-0.1, -0.05) is 23.5 Å². The van der Waals surface area contributed by atoms with Gasteiger partial charge in [0.05, 0.1) is 5.69 Å². The molecule has 1 aromatic carbocycles. The number of rotatable bonds is 4. The number of anilines is 2. The normalized spacial score (nSPS) is 11.0. The highest BCUT2D eigenvalue weighted by Crippen LogP contribution is 2.23. The van der Waals surface area contributed by atoms with Crippen molar-refractivity contribution in [3.05, 3.63) is 40.4 Å². The first-order valence-electron chi connectivity index (χ1n) is 7.74. The van der Waals surface area contributed by atoms with Crippen LogP contribution in [0.2, 0.25) is 0 Å². The summed E-state index contributed by atoms with van der Waals surface area (Å²) >= 11 is 1.10. The van der Waals surface area contributed by atoms with Gasteiger partial charge in [0.15, 0.2) is 5.13 Å². The molecule has 0 bridgehead atoms. The summed E-state index contributed by atoms with van der Waals surface area (Å²) in [6.07, 6.45) is -0.604. The van der Waals surface area contributed by atoms with Gasteiger partial charge in [-0.25, -0.2) is 9.78 Å². The van der Waals surface area contributed by atoms with Crippen molar-refractivity contribution in [2.75, 3.05) is 11.1 Å². The summed E-state index contributed by atoms with van der Waals surface area (Å²) in [6, 6.07) is 7.30. The van der Waals surface area contributed by atoms with E-state index in [0.29, 0.717) is 27.9 Å². The van der Waals surface area contributed by atoms with Gasteiger partial charge in [0.25, 0.3) is 5.91 Å². The zero-order valence-electron chi connectivity index (χ0n) is 14.7. The zero-order chi connectivity index (χ0) is 18.6. The largest absolute Gasteiger partial charge is 0.444 e. The third-order valence-corrected chi connectivity index (χ3v) is 4.09. The van der Waals surface area contributed by atoms with E-state index in [9.17, 15) is 9.59 Å². The van der Waals surface area contributed by atoms with Crippen molar-refractivity contribution >= 4 is 34.2 Å². The minimum absolute atomic E-state index is 0.255. The maximum absolute atomic E-state index is 12.3. The molecule has 0 fully saturated rings. The van der Waals surface area contributed by atoms with Crippen molar-refractivity contribution in [3.63, 3.8) is 0 Å². The van der Waals surface area contributed by atoms with Crippen LogP contribution in [0.5, 0.6) is 0 Å². The van der Waals surface area contributed by atoms with Gasteiger partial charge < -0.3 is 15.8 Å². The second kappa shape index (κ2) is 7.52. The average Bonchev–Trinajstić information content (AvgIpc) is 2.83. The topological polar surface area (TPSA) is 106 Å². The second-order valence-corrected chi connectivity index (χ2v) is 7.49.